The van der Waals surface area contributed by atoms with E-state index in [0.29, 0.717) is 23.8 Å². The Morgan fingerprint density at radius 2 is 2.25 bits per heavy atom. The normalized spacial score (nSPS) is 41.7. The van der Waals surface area contributed by atoms with Gasteiger partial charge in [-0.1, -0.05) is 0 Å². The minimum Gasteiger partial charge on any atom is -0.343 e. The van der Waals surface area contributed by atoms with E-state index >= 15 is 0 Å². The van der Waals surface area contributed by atoms with Gasteiger partial charge < -0.3 is 10.2 Å². The van der Waals surface area contributed by atoms with E-state index in [1.807, 2.05) is 11.9 Å². The molecular formula is C9H16N2O. The van der Waals surface area contributed by atoms with E-state index < -0.39 is 0 Å². The maximum Gasteiger partial charge on any atom is 0.222 e. The molecule has 0 saturated carbocycles. The first kappa shape index (κ1) is 8.05. The Bertz CT molecular complexity index is 205. The molecule has 0 bridgehead atoms. The van der Waals surface area contributed by atoms with Gasteiger partial charge in [-0.2, -0.15) is 0 Å². The lowest BCUT2D eigenvalue weighted by Crippen LogP contribution is -2.48. The second kappa shape index (κ2) is 2.73. The van der Waals surface area contributed by atoms with E-state index in [0.717, 1.165) is 19.5 Å². The van der Waals surface area contributed by atoms with E-state index in [1.54, 1.807) is 0 Å². The summed E-state index contributed by atoms with van der Waals surface area (Å²) < 4.78 is 0. The van der Waals surface area contributed by atoms with Crippen LogP contribution >= 0.6 is 0 Å². The molecule has 0 aromatic rings. The summed E-state index contributed by atoms with van der Waals surface area (Å²) in [4.78, 5) is 13.3. The van der Waals surface area contributed by atoms with E-state index in [9.17, 15) is 4.79 Å². The van der Waals surface area contributed by atoms with Crippen LogP contribution in [0.5, 0.6) is 0 Å². The highest BCUT2D eigenvalue weighted by Crippen LogP contribution is 2.31. The van der Waals surface area contributed by atoms with Crippen molar-refractivity contribution >= 4 is 5.91 Å². The highest BCUT2D eigenvalue weighted by atomic mass is 16.2. The Labute approximate surface area is 73.1 Å². The lowest BCUT2D eigenvalue weighted by Gasteiger charge is -2.38. The summed E-state index contributed by atoms with van der Waals surface area (Å²) in [5.74, 6) is 1.60. The molecule has 0 radical (unpaired) electrons. The third-order valence-electron chi connectivity index (χ3n) is 3.45. The number of piperidine rings is 1. The summed E-state index contributed by atoms with van der Waals surface area (Å²) in [6.45, 7) is 4.28. The smallest absolute Gasteiger partial charge is 0.222 e. The third-order valence-corrected chi connectivity index (χ3v) is 3.45. The summed E-state index contributed by atoms with van der Waals surface area (Å²) in [5, 5.41) is 3.36. The molecule has 2 saturated heterocycles. The number of nitrogens with one attached hydrogen (secondary N) is 1. The van der Waals surface area contributed by atoms with Crippen molar-refractivity contribution in [3.63, 3.8) is 0 Å². The summed E-state index contributed by atoms with van der Waals surface area (Å²) >= 11 is 0. The van der Waals surface area contributed by atoms with Gasteiger partial charge in [0.1, 0.15) is 0 Å². The van der Waals surface area contributed by atoms with E-state index in [-0.39, 0.29) is 0 Å². The van der Waals surface area contributed by atoms with Crippen LogP contribution in [0.4, 0.5) is 0 Å². The number of carbonyl (C=O) groups excluding carboxylic acids is 1. The van der Waals surface area contributed by atoms with Gasteiger partial charge in [-0.25, -0.2) is 0 Å². The maximum atomic E-state index is 11.4. The van der Waals surface area contributed by atoms with Crippen LogP contribution < -0.4 is 5.32 Å². The Kier molecular flexibility index (Phi) is 1.83. The van der Waals surface area contributed by atoms with Crippen LogP contribution in [0.1, 0.15) is 13.3 Å². The lowest BCUT2D eigenvalue weighted by molar-refractivity contribution is -0.137. The molecule has 0 aliphatic carbocycles. The number of fused-ring (bicyclic) bond motifs is 1. The highest BCUT2D eigenvalue weighted by Gasteiger charge is 2.40. The number of nitrogens with zero attached hydrogens (tertiary/aromatic N) is 1. The molecule has 0 spiro atoms. The standard InChI is InChI=1S/C9H16N2O/c1-6-8-5-10-4-7(8)3-9(12)11(6)2/h6-8,10H,3-5H2,1-2H3. The molecule has 3 atom stereocenters. The van der Waals surface area contributed by atoms with Crippen molar-refractivity contribution in [2.24, 2.45) is 11.8 Å². The SMILES string of the molecule is CC1C2CNCC2CC(=O)N1C. The molecule has 1 N–H and O–H groups in total. The number of hydrogen-bond acceptors (Lipinski definition) is 2. The molecule has 0 aromatic carbocycles. The summed E-state index contributed by atoms with van der Waals surface area (Å²) in [5.41, 5.74) is 0. The minimum atomic E-state index is 0.312. The molecule has 3 nitrogen and oxygen atoms in total. The molecule has 12 heavy (non-hydrogen) atoms. The monoisotopic (exact) mass is 168 g/mol. The molecule has 2 rings (SSSR count). The largest absolute Gasteiger partial charge is 0.343 e. The van der Waals surface area contributed by atoms with Crippen LogP contribution in [0, 0.1) is 11.8 Å². The fraction of sp³-hybridized carbons (Fsp3) is 0.889. The molecular weight excluding hydrogens is 152 g/mol. The molecule has 3 unspecified atom stereocenters. The Balaban J connectivity index is 2.15. The molecule has 2 fully saturated rings. The predicted molar refractivity (Wildman–Crippen MR) is 46.7 cm³/mol. The third kappa shape index (κ3) is 1.04. The van der Waals surface area contributed by atoms with Crippen LogP contribution in [0.15, 0.2) is 0 Å². The number of hydrogen-bond donors (Lipinski definition) is 1. The van der Waals surface area contributed by atoms with Crippen LogP contribution in [-0.4, -0.2) is 37.0 Å². The summed E-state index contributed by atoms with van der Waals surface area (Å²) in [7, 11) is 1.92. The van der Waals surface area contributed by atoms with Gasteiger partial charge >= 0.3 is 0 Å². The van der Waals surface area contributed by atoms with Crippen LogP contribution in [0.2, 0.25) is 0 Å². The molecule has 0 aromatic heterocycles. The first-order valence-corrected chi connectivity index (χ1v) is 4.66. The van der Waals surface area contributed by atoms with Gasteiger partial charge in [-0.3, -0.25) is 4.79 Å². The molecule has 2 aliphatic rings. The van der Waals surface area contributed by atoms with Crippen molar-refractivity contribution < 1.29 is 4.79 Å². The van der Waals surface area contributed by atoms with Crippen molar-refractivity contribution in [3.8, 4) is 0 Å². The van der Waals surface area contributed by atoms with Gasteiger partial charge in [0.2, 0.25) is 5.91 Å². The molecule has 1 amide bonds. The van der Waals surface area contributed by atoms with Gasteiger partial charge in [-0.05, 0) is 25.3 Å². The summed E-state index contributed by atoms with van der Waals surface area (Å²) in [6.07, 6.45) is 0.749. The zero-order valence-corrected chi connectivity index (χ0v) is 7.71. The first-order valence-electron chi connectivity index (χ1n) is 4.66. The van der Waals surface area contributed by atoms with Crippen molar-refractivity contribution in [3.05, 3.63) is 0 Å². The Morgan fingerprint density at radius 3 is 3.00 bits per heavy atom. The molecule has 68 valence electrons. The zero-order valence-electron chi connectivity index (χ0n) is 7.71. The van der Waals surface area contributed by atoms with Crippen molar-refractivity contribution in [2.45, 2.75) is 19.4 Å². The van der Waals surface area contributed by atoms with Crippen molar-refractivity contribution in [1.29, 1.82) is 0 Å². The number of amides is 1. The van der Waals surface area contributed by atoms with Gasteiger partial charge in [0.15, 0.2) is 0 Å². The molecule has 2 aliphatic heterocycles. The second-order valence-corrected chi connectivity index (χ2v) is 4.03. The predicted octanol–water partition coefficient (Wildman–Crippen LogP) is 0.0726. The quantitative estimate of drug-likeness (QED) is 0.555. The van der Waals surface area contributed by atoms with Crippen LogP contribution in [0.25, 0.3) is 0 Å². The average Bonchev–Trinajstić information content (AvgIpc) is 2.48. The van der Waals surface area contributed by atoms with Crippen LogP contribution in [0.3, 0.4) is 0 Å². The topological polar surface area (TPSA) is 32.3 Å². The number of rotatable bonds is 0. The van der Waals surface area contributed by atoms with Crippen LogP contribution in [-0.2, 0) is 4.79 Å². The molecule has 3 heteroatoms. The average molecular weight is 168 g/mol. The van der Waals surface area contributed by atoms with Gasteiger partial charge in [0.25, 0.3) is 0 Å². The fourth-order valence-corrected chi connectivity index (χ4v) is 2.42. The second-order valence-electron chi connectivity index (χ2n) is 4.03. The number of likely N-dealkylation sites (tertiary alicyclic amines) is 1. The van der Waals surface area contributed by atoms with E-state index in [4.69, 9.17) is 0 Å². The lowest BCUT2D eigenvalue weighted by atomic mass is 9.83. The Hall–Kier alpha value is -0.570. The highest BCUT2D eigenvalue weighted by molar-refractivity contribution is 5.77. The van der Waals surface area contributed by atoms with Crippen molar-refractivity contribution in [1.82, 2.24) is 10.2 Å². The number of carbonyl (C=O) groups is 1. The summed E-state index contributed by atoms with van der Waals surface area (Å²) in [6, 6.07) is 0.422. The minimum absolute atomic E-state index is 0.312. The van der Waals surface area contributed by atoms with E-state index in [2.05, 4.69) is 12.2 Å². The van der Waals surface area contributed by atoms with Gasteiger partial charge in [0, 0.05) is 26.1 Å². The first-order chi connectivity index (χ1) is 5.70. The zero-order chi connectivity index (χ0) is 8.72. The van der Waals surface area contributed by atoms with Gasteiger partial charge in [-0.15, -0.1) is 0 Å². The molecule has 2 heterocycles. The Morgan fingerprint density at radius 1 is 1.50 bits per heavy atom. The van der Waals surface area contributed by atoms with E-state index in [1.165, 1.54) is 0 Å². The van der Waals surface area contributed by atoms with Gasteiger partial charge in [0.05, 0.1) is 0 Å². The fourth-order valence-electron chi connectivity index (χ4n) is 2.42. The maximum absolute atomic E-state index is 11.4. The van der Waals surface area contributed by atoms with Crippen molar-refractivity contribution in [2.75, 3.05) is 20.1 Å².